The van der Waals surface area contributed by atoms with Crippen molar-refractivity contribution in [2.24, 2.45) is 5.92 Å². The Balaban J connectivity index is 1.45. The molecular weight excluding hydrogens is 393 g/mol. The predicted molar refractivity (Wildman–Crippen MR) is 106 cm³/mol. The van der Waals surface area contributed by atoms with Crippen molar-refractivity contribution < 1.29 is 22.5 Å². The van der Waals surface area contributed by atoms with Crippen LogP contribution >= 0.6 is 0 Å². The number of carbonyl (C=O) groups excluding carboxylic acids is 1. The molecule has 0 saturated carbocycles. The van der Waals surface area contributed by atoms with Gasteiger partial charge < -0.3 is 9.42 Å². The van der Waals surface area contributed by atoms with Gasteiger partial charge in [-0.2, -0.15) is 13.2 Å². The number of hydrogen-bond acceptors (Lipinski definition) is 3. The molecule has 4 nitrogen and oxygen atoms in total. The van der Waals surface area contributed by atoms with Gasteiger partial charge in [-0.15, -0.1) is 0 Å². The van der Waals surface area contributed by atoms with Crippen molar-refractivity contribution in [3.8, 4) is 11.3 Å². The maximum atomic E-state index is 13.0. The molecule has 0 N–H and O–H groups in total. The van der Waals surface area contributed by atoms with E-state index in [1.165, 1.54) is 18.3 Å². The van der Waals surface area contributed by atoms with Crippen LogP contribution in [-0.2, 0) is 12.6 Å². The van der Waals surface area contributed by atoms with E-state index < -0.39 is 11.7 Å². The molecule has 30 heavy (non-hydrogen) atoms. The molecule has 1 amide bonds. The molecule has 4 rings (SSSR count). The first-order valence-corrected chi connectivity index (χ1v) is 9.78. The molecule has 2 heterocycles. The Morgan fingerprint density at radius 3 is 2.70 bits per heavy atom. The summed E-state index contributed by atoms with van der Waals surface area (Å²) in [6.45, 7) is 3.03. The summed E-state index contributed by atoms with van der Waals surface area (Å²) in [5, 5.41) is 3.80. The van der Waals surface area contributed by atoms with Crippen LogP contribution in [0.4, 0.5) is 13.2 Å². The molecule has 0 radical (unpaired) electrons. The van der Waals surface area contributed by atoms with Crippen LogP contribution in [0.3, 0.4) is 0 Å². The highest BCUT2D eigenvalue weighted by Gasteiger charge is 2.32. The average Bonchev–Trinajstić information content (AvgIpc) is 3.37. The standard InChI is InChI=1S/C23H21F3N2O2/c1-15-5-7-18(8-6-15)21-20(13-27-30-21)22(29)28-10-9-17(14-28)11-16-3-2-4-19(12-16)23(24,25)26/h2-8,12-13,17H,9-11,14H2,1H3. The smallest absolute Gasteiger partial charge is 0.355 e. The van der Waals surface area contributed by atoms with E-state index in [2.05, 4.69) is 5.16 Å². The van der Waals surface area contributed by atoms with Gasteiger partial charge in [0.1, 0.15) is 5.56 Å². The number of aromatic nitrogens is 1. The second kappa shape index (κ2) is 7.97. The summed E-state index contributed by atoms with van der Waals surface area (Å²) >= 11 is 0. The summed E-state index contributed by atoms with van der Waals surface area (Å²) < 4.78 is 44.2. The highest BCUT2D eigenvalue weighted by Crippen LogP contribution is 2.31. The van der Waals surface area contributed by atoms with Gasteiger partial charge in [0, 0.05) is 18.7 Å². The van der Waals surface area contributed by atoms with Gasteiger partial charge in [-0.3, -0.25) is 4.79 Å². The number of amides is 1. The molecule has 0 spiro atoms. The molecule has 1 aromatic heterocycles. The Labute approximate surface area is 172 Å². The molecule has 1 fully saturated rings. The molecule has 0 aliphatic carbocycles. The first kappa shape index (κ1) is 20.2. The van der Waals surface area contributed by atoms with Crippen LogP contribution in [0.25, 0.3) is 11.3 Å². The molecule has 1 atom stereocenters. The lowest BCUT2D eigenvalue weighted by molar-refractivity contribution is -0.137. The van der Waals surface area contributed by atoms with Crippen molar-refractivity contribution in [1.82, 2.24) is 10.1 Å². The summed E-state index contributed by atoms with van der Waals surface area (Å²) in [5.41, 5.74) is 2.27. The SMILES string of the molecule is Cc1ccc(-c2oncc2C(=O)N2CCC(Cc3cccc(C(F)(F)F)c3)C2)cc1. The van der Waals surface area contributed by atoms with E-state index in [9.17, 15) is 18.0 Å². The zero-order valence-corrected chi connectivity index (χ0v) is 16.4. The minimum atomic E-state index is -4.35. The van der Waals surface area contributed by atoms with E-state index in [1.807, 2.05) is 31.2 Å². The molecule has 156 valence electrons. The third-order valence-corrected chi connectivity index (χ3v) is 5.47. The molecule has 7 heteroatoms. The number of benzene rings is 2. The predicted octanol–water partition coefficient (Wildman–Crippen LogP) is 5.37. The first-order chi connectivity index (χ1) is 14.3. The minimum Gasteiger partial charge on any atom is -0.355 e. The van der Waals surface area contributed by atoms with Crippen LogP contribution in [0.15, 0.2) is 59.3 Å². The second-order valence-corrected chi connectivity index (χ2v) is 7.74. The van der Waals surface area contributed by atoms with E-state index in [1.54, 1.807) is 11.0 Å². The van der Waals surface area contributed by atoms with Crippen molar-refractivity contribution in [2.45, 2.75) is 25.9 Å². The fraction of sp³-hybridized carbons (Fsp3) is 0.304. The minimum absolute atomic E-state index is 0.111. The number of rotatable bonds is 4. The fourth-order valence-electron chi connectivity index (χ4n) is 3.87. The number of aryl methyl sites for hydroxylation is 1. The number of carbonyl (C=O) groups is 1. The van der Waals surface area contributed by atoms with Gasteiger partial charge in [0.05, 0.1) is 11.8 Å². The van der Waals surface area contributed by atoms with E-state index in [4.69, 9.17) is 4.52 Å². The van der Waals surface area contributed by atoms with Crippen molar-refractivity contribution >= 4 is 5.91 Å². The summed E-state index contributed by atoms with van der Waals surface area (Å²) in [6, 6.07) is 13.0. The van der Waals surface area contributed by atoms with Crippen LogP contribution in [0.5, 0.6) is 0 Å². The van der Waals surface area contributed by atoms with Gasteiger partial charge in [-0.1, -0.05) is 53.2 Å². The van der Waals surface area contributed by atoms with Gasteiger partial charge in [-0.05, 0) is 37.3 Å². The maximum absolute atomic E-state index is 13.0. The van der Waals surface area contributed by atoms with E-state index in [0.29, 0.717) is 36.4 Å². The lowest BCUT2D eigenvalue weighted by atomic mass is 9.97. The average molecular weight is 414 g/mol. The van der Waals surface area contributed by atoms with Crippen molar-refractivity contribution in [1.29, 1.82) is 0 Å². The lowest BCUT2D eigenvalue weighted by Gasteiger charge is -2.16. The third-order valence-electron chi connectivity index (χ3n) is 5.47. The fourth-order valence-corrected chi connectivity index (χ4v) is 3.87. The summed E-state index contributed by atoms with van der Waals surface area (Å²) in [4.78, 5) is 14.8. The number of nitrogens with zero attached hydrogens (tertiary/aromatic N) is 2. The topological polar surface area (TPSA) is 46.3 Å². The maximum Gasteiger partial charge on any atom is 0.416 e. The van der Waals surface area contributed by atoms with Crippen molar-refractivity contribution in [3.05, 3.63) is 77.0 Å². The second-order valence-electron chi connectivity index (χ2n) is 7.74. The Kier molecular flexibility index (Phi) is 5.37. The van der Waals surface area contributed by atoms with Crippen molar-refractivity contribution in [2.75, 3.05) is 13.1 Å². The van der Waals surface area contributed by atoms with E-state index in [-0.39, 0.29) is 11.8 Å². The van der Waals surface area contributed by atoms with E-state index in [0.717, 1.165) is 23.6 Å². The van der Waals surface area contributed by atoms with Crippen LogP contribution < -0.4 is 0 Å². The highest BCUT2D eigenvalue weighted by atomic mass is 19.4. The van der Waals surface area contributed by atoms with Crippen LogP contribution in [0.2, 0.25) is 0 Å². The lowest BCUT2D eigenvalue weighted by Crippen LogP contribution is -2.29. The van der Waals surface area contributed by atoms with Crippen LogP contribution in [-0.4, -0.2) is 29.1 Å². The third kappa shape index (κ3) is 4.25. The molecule has 0 bridgehead atoms. The number of likely N-dealkylation sites (tertiary alicyclic amines) is 1. The normalized spacial score (nSPS) is 16.8. The molecule has 1 saturated heterocycles. The van der Waals surface area contributed by atoms with Gasteiger partial charge in [0.15, 0.2) is 5.76 Å². The molecule has 1 aliphatic rings. The number of alkyl halides is 3. The van der Waals surface area contributed by atoms with Crippen molar-refractivity contribution in [3.63, 3.8) is 0 Å². The summed E-state index contributed by atoms with van der Waals surface area (Å²) in [5.74, 6) is 0.375. The molecule has 1 unspecified atom stereocenters. The quantitative estimate of drug-likeness (QED) is 0.576. The summed E-state index contributed by atoms with van der Waals surface area (Å²) in [6.07, 6.45) is -1.68. The Bertz CT molecular complexity index is 1040. The monoisotopic (exact) mass is 414 g/mol. The zero-order chi connectivity index (χ0) is 21.3. The largest absolute Gasteiger partial charge is 0.416 e. The molecule has 1 aliphatic heterocycles. The zero-order valence-electron chi connectivity index (χ0n) is 16.4. The van der Waals surface area contributed by atoms with Crippen LogP contribution in [0.1, 0.15) is 33.5 Å². The first-order valence-electron chi connectivity index (χ1n) is 9.78. The Morgan fingerprint density at radius 1 is 1.20 bits per heavy atom. The van der Waals surface area contributed by atoms with Gasteiger partial charge in [0.2, 0.25) is 0 Å². The van der Waals surface area contributed by atoms with Gasteiger partial charge in [0.25, 0.3) is 5.91 Å². The summed E-state index contributed by atoms with van der Waals surface area (Å²) in [7, 11) is 0. The van der Waals surface area contributed by atoms with Gasteiger partial charge >= 0.3 is 6.18 Å². The highest BCUT2D eigenvalue weighted by molar-refractivity contribution is 5.99. The van der Waals surface area contributed by atoms with E-state index >= 15 is 0 Å². The number of halogens is 3. The Hall–Kier alpha value is -3.09. The molecular formula is C23H21F3N2O2. The molecule has 2 aromatic carbocycles. The molecule has 3 aromatic rings. The van der Waals surface area contributed by atoms with Crippen LogP contribution in [0, 0.1) is 12.8 Å². The Morgan fingerprint density at radius 2 is 1.97 bits per heavy atom. The number of hydrogen-bond donors (Lipinski definition) is 0. The van der Waals surface area contributed by atoms with Gasteiger partial charge in [-0.25, -0.2) is 0 Å².